The molecule has 7 fully saturated rings. The first kappa shape index (κ1) is 66.3. The Kier molecular flexibility index (Phi) is 20.8. The number of benzene rings is 2. The summed E-state index contributed by atoms with van der Waals surface area (Å²) in [7, 11) is 3.32. The minimum atomic E-state index is -1.21. The average molecular weight is 1280 g/mol. The number of hydrogen-bond donors (Lipinski definition) is 9. The second-order valence-electron chi connectivity index (χ2n) is 30.5. The number of aliphatic hydroxyl groups excluding tert-OH is 2. The minimum Gasteiger partial charge on any atom is -0.508 e. The van der Waals surface area contributed by atoms with E-state index in [0.29, 0.717) is 108 Å². The summed E-state index contributed by atoms with van der Waals surface area (Å²) in [5.41, 5.74) is -0.152. The molecule has 2 aromatic rings. The van der Waals surface area contributed by atoms with Gasteiger partial charge < -0.3 is 65.9 Å². The van der Waals surface area contributed by atoms with Crippen LogP contribution in [0.1, 0.15) is 196 Å². The zero-order valence-corrected chi connectivity index (χ0v) is 55.6. The smallest absolute Gasteiger partial charge is 0.332 e. The van der Waals surface area contributed by atoms with E-state index >= 15 is 4.79 Å². The van der Waals surface area contributed by atoms with Gasteiger partial charge in [-0.1, -0.05) is 78.3 Å². The average Bonchev–Trinajstić information content (AvgIpc) is 0.894. The lowest BCUT2D eigenvalue weighted by Crippen LogP contribution is -2.65. The molecule has 1 spiro atoms. The van der Waals surface area contributed by atoms with Crippen LogP contribution in [0.3, 0.4) is 0 Å². The van der Waals surface area contributed by atoms with Crippen molar-refractivity contribution in [3.63, 3.8) is 0 Å². The number of aliphatic hydroxyl groups is 3. The third-order valence-electron chi connectivity index (χ3n) is 24.7. The second kappa shape index (κ2) is 28.3. The Bertz CT molecular complexity index is 2890. The lowest BCUT2D eigenvalue weighted by Gasteiger charge is -2.56. The summed E-state index contributed by atoms with van der Waals surface area (Å²) in [6.45, 7) is 13.5. The van der Waals surface area contributed by atoms with Gasteiger partial charge in [-0.3, -0.25) is 9.59 Å². The molecule has 16 nitrogen and oxygen atoms in total. The summed E-state index contributed by atoms with van der Waals surface area (Å²) >= 11 is 0. The summed E-state index contributed by atoms with van der Waals surface area (Å²) in [6, 6.07) is 11.3. The molecule has 0 aromatic heterocycles. The fourth-order valence-electron chi connectivity index (χ4n) is 19.9. The van der Waals surface area contributed by atoms with Crippen molar-refractivity contribution >= 4 is 39.4 Å². The maximum absolute atomic E-state index is 16.0. The normalized spacial score (nSPS) is 38.0. The van der Waals surface area contributed by atoms with Crippen molar-refractivity contribution in [3.05, 3.63) is 53.1 Å². The highest BCUT2D eigenvalue weighted by molar-refractivity contribution is 8.76. The Balaban J connectivity index is 0.920. The standard InChI is InChI=1S/C72H105N5O11S2/c1-46(79)87-61-38-62(88-67(84)72-25-5-4-11-51(72)14-21-63(83)76-72)71(27-30-73-31-28-71)65-48(37-56-57(70(44-78)23-6-7-24-70)42-86-66-60(82)20-18-55(65)64(56)66)9-8-10-49-40-69(3,85)45-90-89-43-58(59(81)19-17-54(49)61)75-41-50-39-68(2,29-34-77-35-32-74-33-36-77)26-22-53(50)47-12-15-52(80)16-13-47/h12-13,15-16,18,20,48-51,53-54,56-59,61-62,65,73-75,78,80-82,85H,4-7,10-11,14,17,19,21-45H2,1-3H3,(H,76,83). The van der Waals surface area contributed by atoms with Crippen molar-refractivity contribution in [2.75, 3.05) is 77.1 Å². The van der Waals surface area contributed by atoms with Gasteiger partial charge in [0.15, 0.2) is 11.5 Å². The highest BCUT2D eigenvalue weighted by Crippen LogP contribution is 2.65. The number of amides is 1. The lowest BCUT2D eigenvalue weighted by molar-refractivity contribution is -0.183. The molecule has 496 valence electrons. The number of nitrogens with one attached hydrogen (secondary N) is 4. The van der Waals surface area contributed by atoms with Crippen LogP contribution in [0.15, 0.2) is 36.4 Å². The van der Waals surface area contributed by atoms with Gasteiger partial charge in [-0.25, -0.2) is 4.79 Å². The number of piperazine rings is 1. The van der Waals surface area contributed by atoms with Crippen molar-refractivity contribution in [3.8, 4) is 29.1 Å². The van der Waals surface area contributed by atoms with E-state index in [9.17, 15) is 35.1 Å². The van der Waals surface area contributed by atoms with E-state index in [1.807, 2.05) is 6.92 Å². The molecule has 2 aromatic carbocycles. The molecule has 3 saturated carbocycles. The van der Waals surface area contributed by atoms with Crippen molar-refractivity contribution in [2.45, 2.75) is 215 Å². The number of carbonyl (C=O) groups is 3. The number of phenols is 2. The zero-order valence-electron chi connectivity index (χ0n) is 54.0. The number of phenolic OH excluding ortho intramolecular Hbond substituents is 2. The summed E-state index contributed by atoms with van der Waals surface area (Å²) in [5, 5.41) is 73.6. The van der Waals surface area contributed by atoms with Gasteiger partial charge in [-0.05, 0) is 194 Å². The van der Waals surface area contributed by atoms with Gasteiger partial charge in [0.25, 0.3) is 0 Å². The van der Waals surface area contributed by atoms with Crippen LogP contribution >= 0.6 is 21.6 Å². The molecule has 0 bridgehead atoms. The quantitative estimate of drug-likeness (QED) is 0.0547. The first-order chi connectivity index (χ1) is 43.4. The van der Waals surface area contributed by atoms with Gasteiger partial charge in [0.2, 0.25) is 5.91 Å². The number of ether oxygens (including phenoxy) is 3. The molecule has 5 aliphatic carbocycles. The molecule has 5 aliphatic heterocycles. The molecule has 16 unspecified atom stereocenters. The fraction of sp³-hybridized carbons (Fsp3) is 0.764. The SMILES string of the molecule is CC(=O)OC1CC(OC(=O)C23CCCCC2CCC(=O)N3)C2(CCNCC2)C2c3ccc(O)c4c3C(CC2C#CCC2CC(C)(O)CSSCC(NCC3CC(C)(CCN5CCNCC5)CCC3c3ccc(O)cc3)C(O)CCC21)C(C1(CO)CCCC1)CO4. The van der Waals surface area contributed by atoms with Gasteiger partial charge in [-0.2, -0.15) is 0 Å². The molecule has 90 heavy (non-hydrogen) atoms. The molecule has 9 N–H and O–H groups in total. The van der Waals surface area contributed by atoms with Crippen LogP contribution in [0, 0.1) is 63.6 Å². The predicted octanol–water partition coefficient (Wildman–Crippen LogP) is 9.45. The molecule has 1 amide bonds. The van der Waals surface area contributed by atoms with Crippen LogP contribution in [0.5, 0.6) is 17.2 Å². The van der Waals surface area contributed by atoms with Gasteiger partial charge in [0.05, 0.1) is 18.3 Å². The van der Waals surface area contributed by atoms with E-state index in [4.69, 9.17) is 14.2 Å². The van der Waals surface area contributed by atoms with Gasteiger partial charge in [0.1, 0.15) is 23.5 Å². The summed E-state index contributed by atoms with van der Waals surface area (Å²) < 4.78 is 21.0. The molecule has 4 saturated heterocycles. The maximum Gasteiger partial charge on any atom is 0.332 e. The molecule has 10 aliphatic rings. The van der Waals surface area contributed by atoms with E-state index in [0.717, 1.165) is 114 Å². The third kappa shape index (κ3) is 14.0. The van der Waals surface area contributed by atoms with Crippen molar-refractivity contribution < 1.29 is 54.1 Å². The largest absolute Gasteiger partial charge is 0.508 e. The van der Waals surface area contributed by atoms with Crippen LogP contribution in [-0.2, 0) is 23.9 Å². The van der Waals surface area contributed by atoms with E-state index in [1.165, 1.54) is 12.5 Å². The van der Waals surface area contributed by atoms with Gasteiger partial charge >= 0.3 is 11.9 Å². The predicted molar refractivity (Wildman–Crippen MR) is 352 cm³/mol. The number of fused-ring (bicyclic) bond motifs is 5. The highest BCUT2D eigenvalue weighted by Gasteiger charge is 2.61. The topological polar surface area (TPSA) is 231 Å². The van der Waals surface area contributed by atoms with E-state index < -0.39 is 52.7 Å². The van der Waals surface area contributed by atoms with Crippen LogP contribution in [0.25, 0.3) is 0 Å². The first-order valence-corrected chi connectivity index (χ1v) is 37.5. The molecule has 18 heteroatoms. The van der Waals surface area contributed by atoms with Gasteiger partial charge in [0, 0.05) is 117 Å². The molecule has 5 heterocycles. The second-order valence-corrected chi connectivity index (χ2v) is 33.0. The molecule has 0 radical (unpaired) electrons. The van der Waals surface area contributed by atoms with Gasteiger partial charge in [-0.15, -0.1) is 5.92 Å². The van der Waals surface area contributed by atoms with E-state index in [2.05, 4.69) is 63.1 Å². The summed E-state index contributed by atoms with van der Waals surface area (Å²) in [6.07, 6.45) is 13.2. The Morgan fingerprint density at radius 1 is 0.856 bits per heavy atom. The Morgan fingerprint density at radius 2 is 1.62 bits per heavy atom. The van der Waals surface area contributed by atoms with E-state index in [1.54, 1.807) is 39.8 Å². The Labute approximate surface area is 543 Å². The van der Waals surface area contributed by atoms with Crippen LogP contribution in [0.2, 0.25) is 0 Å². The Hall–Kier alpha value is -3.77. The number of nitrogens with zero attached hydrogens (tertiary/aromatic N) is 1. The third-order valence-corrected chi connectivity index (χ3v) is 27.4. The first-order valence-electron chi connectivity index (χ1n) is 35.0. The van der Waals surface area contributed by atoms with Crippen LogP contribution in [-0.4, -0.2) is 161 Å². The lowest BCUT2D eigenvalue weighted by atomic mass is 9.51. The van der Waals surface area contributed by atoms with E-state index in [-0.39, 0.29) is 94.6 Å². The molecular formula is C72H105N5O11S2. The van der Waals surface area contributed by atoms with Crippen molar-refractivity contribution in [1.82, 2.24) is 26.2 Å². The zero-order chi connectivity index (χ0) is 62.8. The monoisotopic (exact) mass is 1280 g/mol. The Morgan fingerprint density at radius 3 is 2.39 bits per heavy atom. The highest BCUT2D eigenvalue weighted by atomic mass is 33.1. The minimum absolute atomic E-state index is 0.0240. The number of carbonyl (C=O) groups excluding carboxylic acids is 3. The number of esters is 2. The maximum atomic E-state index is 16.0. The van der Waals surface area contributed by atoms with Crippen molar-refractivity contribution in [2.24, 2.45) is 51.8 Å². The number of piperidine rings is 2. The van der Waals surface area contributed by atoms with Crippen LogP contribution in [0.4, 0.5) is 0 Å². The number of rotatable bonds is 12. The summed E-state index contributed by atoms with van der Waals surface area (Å²) in [5.74, 6) is 7.66. The fourth-order valence-corrected chi connectivity index (χ4v) is 22.7. The van der Waals surface area contributed by atoms with Crippen molar-refractivity contribution in [1.29, 1.82) is 0 Å². The summed E-state index contributed by atoms with van der Waals surface area (Å²) in [4.78, 5) is 46.3. The van der Waals surface area contributed by atoms with Crippen LogP contribution < -0.4 is 26.0 Å². The molecule has 16 atom stereocenters. The number of aromatic hydroxyl groups is 2. The number of hydrogen-bond acceptors (Lipinski definition) is 17. The molecule has 12 rings (SSSR count). The molecular weight excluding hydrogens is 1170 g/mol.